The third-order valence-electron chi connectivity index (χ3n) is 5.23. The number of esters is 1. The van der Waals surface area contributed by atoms with E-state index in [4.69, 9.17) is 9.47 Å². The van der Waals surface area contributed by atoms with E-state index in [-0.39, 0.29) is 82.8 Å². The van der Waals surface area contributed by atoms with Crippen LogP contribution >= 0.6 is 0 Å². The summed E-state index contributed by atoms with van der Waals surface area (Å²) in [6.45, 7) is 1.50. The molecule has 35 heavy (non-hydrogen) atoms. The fraction of sp³-hybridized carbons (Fsp3) is 0.167. The van der Waals surface area contributed by atoms with Crippen molar-refractivity contribution < 1.29 is 77.6 Å². The molecule has 172 valence electrons. The van der Waals surface area contributed by atoms with E-state index in [1.54, 1.807) is 6.92 Å². The van der Waals surface area contributed by atoms with Gasteiger partial charge in [0.05, 0.1) is 6.61 Å². The molecular formula is C24H15NaO10. The Hall–Kier alpha value is -3.60. The van der Waals surface area contributed by atoms with E-state index in [1.165, 1.54) is 18.2 Å². The first kappa shape index (κ1) is 26.0. The molecule has 0 amide bonds. The van der Waals surface area contributed by atoms with E-state index in [0.717, 1.165) is 12.1 Å². The summed E-state index contributed by atoms with van der Waals surface area (Å²) in [7, 11) is 0. The van der Waals surface area contributed by atoms with E-state index >= 15 is 0 Å². The van der Waals surface area contributed by atoms with Crippen molar-refractivity contribution in [2.24, 2.45) is 0 Å². The summed E-state index contributed by atoms with van der Waals surface area (Å²) < 4.78 is 14.4. The van der Waals surface area contributed by atoms with Gasteiger partial charge in [-0.05, 0) is 42.8 Å². The van der Waals surface area contributed by atoms with E-state index in [9.17, 15) is 33.9 Å². The summed E-state index contributed by atoms with van der Waals surface area (Å²) >= 11 is 0. The van der Waals surface area contributed by atoms with Crippen LogP contribution in [0.4, 0.5) is 4.79 Å². The fourth-order valence-electron chi connectivity index (χ4n) is 3.76. The maximum absolute atomic E-state index is 13.2. The summed E-state index contributed by atoms with van der Waals surface area (Å²) in [4.78, 5) is 73.5. The van der Waals surface area contributed by atoms with Gasteiger partial charge in [0.2, 0.25) is 5.78 Å². The van der Waals surface area contributed by atoms with Crippen molar-refractivity contribution in [3.8, 4) is 5.75 Å². The van der Waals surface area contributed by atoms with Gasteiger partial charge in [-0.1, -0.05) is 0 Å². The largest absolute Gasteiger partial charge is 1.00 e. The number of benzene rings is 2. The summed E-state index contributed by atoms with van der Waals surface area (Å²) in [6, 6.07) is 6.61. The molecular weight excluding hydrogens is 471 g/mol. The Morgan fingerprint density at radius 1 is 0.914 bits per heavy atom. The number of ketones is 4. The zero-order valence-corrected chi connectivity index (χ0v) is 20.7. The molecule has 0 radical (unpaired) electrons. The Morgan fingerprint density at radius 2 is 1.60 bits per heavy atom. The Bertz CT molecular complexity index is 1340. The number of Topliss-reactive ketones (excluding diaryl/α,β-unsaturated/α-hetero) is 2. The average Bonchev–Trinajstić information content (AvgIpc) is 2.89. The van der Waals surface area contributed by atoms with Crippen molar-refractivity contribution in [3.63, 3.8) is 0 Å². The van der Waals surface area contributed by atoms with Crippen LogP contribution in [0.5, 0.6) is 5.75 Å². The van der Waals surface area contributed by atoms with Gasteiger partial charge in [0, 0.05) is 40.3 Å². The Morgan fingerprint density at radius 3 is 2.29 bits per heavy atom. The first-order valence-corrected chi connectivity index (χ1v) is 10.1. The molecule has 0 aromatic heterocycles. The SMILES string of the molecule is CCOC(=O)COc1ccc2c(c1)CC(=O)c1cc3c(cc1C2=O)C(=O)C=C(OC(=O)[O-])C3=O.[Na+]. The number of fused-ring (bicyclic) bond motifs is 3. The second kappa shape index (κ2) is 10.3. The zero-order chi connectivity index (χ0) is 24.6. The van der Waals surface area contributed by atoms with Crippen LogP contribution in [0.1, 0.15) is 59.5 Å². The van der Waals surface area contributed by atoms with Gasteiger partial charge in [-0.25, -0.2) is 4.79 Å². The van der Waals surface area contributed by atoms with Crippen LogP contribution in [0, 0.1) is 0 Å². The molecule has 0 saturated heterocycles. The number of carbonyl (C=O) groups is 6. The van der Waals surface area contributed by atoms with Gasteiger partial charge in [-0.2, -0.15) is 0 Å². The first-order valence-electron chi connectivity index (χ1n) is 10.1. The molecule has 0 atom stereocenters. The van der Waals surface area contributed by atoms with Gasteiger partial charge in [-0.15, -0.1) is 0 Å². The molecule has 0 unspecified atom stereocenters. The number of hydrogen-bond donors (Lipinski definition) is 0. The van der Waals surface area contributed by atoms with E-state index in [0.29, 0.717) is 11.6 Å². The molecule has 11 heteroatoms. The normalized spacial score (nSPS) is 13.9. The number of carbonyl (C=O) groups excluding carboxylic acids is 6. The van der Waals surface area contributed by atoms with Gasteiger partial charge in [0.1, 0.15) is 11.5 Å². The molecule has 0 heterocycles. The number of hydrogen-bond acceptors (Lipinski definition) is 10. The number of ether oxygens (including phenoxy) is 3. The Labute approximate surface area is 220 Å². The summed E-state index contributed by atoms with van der Waals surface area (Å²) in [5, 5.41) is 10.7. The number of carboxylic acid groups (broad SMARTS) is 1. The second-order valence-corrected chi connectivity index (χ2v) is 7.34. The van der Waals surface area contributed by atoms with Crippen LogP contribution in [0.3, 0.4) is 0 Å². The van der Waals surface area contributed by atoms with E-state index in [1.807, 2.05) is 0 Å². The number of rotatable bonds is 5. The summed E-state index contributed by atoms with van der Waals surface area (Å²) in [5.41, 5.74) is -0.0447. The maximum Gasteiger partial charge on any atom is 1.00 e. The third-order valence-corrected chi connectivity index (χ3v) is 5.23. The molecule has 2 aliphatic rings. The number of allylic oxidation sites excluding steroid dienone is 2. The van der Waals surface area contributed by atoms with Crippen molar-refractivity contribution >= 4 is 35.3 Å². The van der Waals surface area contributed by atoms with Crippen LogP contribution in [0.15, 0.2) is 42.2 Å². The molecule has 0 spiro atoms. The third kappa shape index (κ3) is 5.09. The molecule has 0 fully saturated rings. The van der Waals surface area contributed by atoms with E-state index in [2.05, 4.69) is 4.74 Å². The minimum Gasteiger partial charge on any atom is -0.510 e. The van der Waals surface area contributed by atoms with Crippen LogP contribution < -0.4 is 39.4 Å². The first-order chi connectivity index (χ1) is 16.2. The minimum absolute atomic E-state index is 0. The molecule has 10 nitrogen and oxygen atoms in total. The molecule has 0 aliphatic heterocycles. The van der Waals surface area contributed by atoms with Crippen LogP contribution in [0.25, 0.3) is 0 Å². The van der Waals surface area contributed by atoms with Crippen molar-refractivity contribution in [3.05, 3.63) is 75.5 Å². The van der Waals surface area contributed by atoms with Gasteiger partial charge in [-0.3, -0.25) is 19.2 Å². The molecule has 2 aromatic rings. The smallest absolute Gasteiger partial charge is 0.510 e. The average molecular weight is 486 g/mol. The molecule has 0 saturated carbocycles. The maximum atomic E-state index is 13.2. The minimum atomic E-state index is -2.02. The van der Waals surface area contributed by atoms with Crippen molar-refractivity contribution in [1.82, 2.24) is 0 Å². The van der Waals surface area contributed by atoms with Crippen molar-refractivity contribution in [1.29, 1.82) is 0 Å². The van der Waals surface area contributed by atoms with Gasteiger partial charge in [0.15, 0.2) is 24.0 Å². The van der Waals surface area contributed by atoms with E-state index < -0.39 is 41.0 Å². The predicted molar refractivity (Wildman–Crippen MR) is 110 cm³/mol. The monoisotopic (exact) mass is 486 g/mol. The molecule has 0 bridgehead atoms. The van der Waals surface area contributed by atoms with Crippen molar-refractivity contribution in [2.45, 2.75) is 13.3 Å². The van der Waals surface area contributed by atoms with Crippen LogP contribution in [-0.2, 0) is 20.7 Å². The predicted octanol–water partition coefficient (Wildman–Crippen LogP) is -1.77. The topological polar surface area (TPSA) is 153 Å². The fourth-order valence-corrected chi connectivity index (χ4v) is 3.76. The molecule has 4 rings (SSSR count). The zero-order valence-electron chi connectivity index (χ0n) is 18.7. The molecule has 2 aliphatic carbocycles. The second-order valence-electron chi connectivity index (χ2n) is 7.34. The van der Waals surface area contributed by atoms with Gasteiger partial charge < -0.3 is 24.1 Å². The van der Waals surface area contributed by atoms with Crippen molar-refractivity contribution in [2.75, 3.05) is 13.2 Å². The Kier molecular flexibility index (Phi) is 7.69. The summed E-state index contributed by atoms with van der Waals surface area (Å²) in [5.74, 6) is -3.83. The summed E-state index contributed by atoms with van der Waals surface area (Å²) in [6.07, 6.45) is -1.55. The van der Waals surface area contributed by atoms with Gasteiger partial charge >= 0.3 is 35.5 Å². The molecule has 0 N–H and O–H groups in total. The molecule has 2 aromatic carbocycles. The quantitative estimate of drug-likeness (QED) is 0.350. The van der Waals surface area contributed by atoms with Gasteiger partial charge in [0.25, 0.3) is 6.16 Å². The standard InChI is InChI=1S/C24H16O10.Na/c1-2-32-21(27)10-33-12-3-4-13-11(5-12)6-18(25)14-8-17-15(7-16(14)22(13)28)19(26)9-20(23(17)29)34-24(30)31;/h3-5,7-9H,2,6,10H2,1H3,(H,30,31);/q;+1/p-1. The van der Waals surface area contributed by atoms with Crippen LogP contribution in [0.2, 0.25) is 0 Å². The van der Waals surface area contributed by atoms with Crippen LogP contribution in [-0.4, -0.2) is 48.5 Å². The Balaban J connectivity index is 0.00000342.